The number of halogens is 1. The summed E-state index contributed by atoms with van der Waals surface area (Å²) in [5, 5.41) is 9.37. The van der Waals surface area contributed by atoms with Crippen molar-refractivity contribution in [1.82, 2.24) is 4.98 Å². The van der Waals surface area contributed by atoms with Crippen molar-refractivity contribution in [3.05, 3.63) is 59.7 Å². The van der Waals surface area contributed by atoms with Gasteiger partial charge in [0.15, 0.2) is 0 Å². The number of benzene rings is 1. The number of hydrogen-bond donors (Lipinski definition) is 1. The van der Waals surface area contributed by atoms with E-state index in [1.165, 1.54) is 12.3 Å². The average molecular weight is 289 g/mol. The number of carboxylic acid groups (broad SMARTS) is 1. The topological polar surface area (TPSA) is 59.4 Å². The molecule has 1 atom stereocenters. The fourth-order valence-electron chi connectivity index (χ4n) is 2.24. The molecule has 5 heteroatoms. The lowest BCUT2D eigenvalue weighted by molar-refractivity contribution is -0.141. The van der Waals surface area contributed by atoms with Gasteiger partial charge in [0, 0.05) is 6.20 Å². The molecule has 1 unspecified atom stereocenters. The van der Waals surface area contributed by atoms with Gasteiger partial charge in [-0.3, -0.25) is 9.78 Å². The minimum Gasteiger partial charge on any atom is -0.496 e. The number of nitrogens with zero attached hydrogens (tertiary/aromatic N) is 1. The van der Waals surface area contributed by atoms with E-state index in [1.807, 2.05) is 18.2 Å². The van der Waals surface area contributed by atoms with Crippen molar-refractivity contribution in [2.24, 2.45) is 5.92 Å². The number of para-hydroxylation sites is 1. The van der Waals surface area contributed by atoms with Crippen LogP contribution in [0.1, 0.15) is 11.1 Å². The highest BCUT2D eigenvalue weighted by Crippen LogP contribution is 2.23. The fourth-order valence-corrected chi connectivity index (χ4v) is 2.24. The first-order valence-electron chi connectivity index (χ1n) is 6.54. The Labute approximate surface area is 122 Å². The summed E-state index contributed by atoms with van der Waals surface area (Å²) in [5.74, 6) is -1.40. The molecule has 2 rings (SSSR count). The molecular weight excluding hydrogens is 273 g/mol. The maximum absolute atomic E-state index is 13.1. The number of methoxy groups -OCH3 is 1. The van der Waals surface area contributed by atoms with Crippen molar-refractivity contribution >= 4 is 5.97 Å². The zero-order valence-electron chi connectivity index (χ0n) is 11.6. The maximum atomic E-state index is 13.1. The predicted octanol–water partition coefficient (Wildman–Crippen LogP) is 2.72. The zero-order chi connectivity index (χ0) is 15.2. The second-order valence-corrected chi connectivity index (χ2v) is 4.77. The minimum atomic E-state index is -0.926. The van der Waals surface area contributed by atoms with Gasteiger partial charge in [-0.05, 0) is 36.1 Å². The summed E-state index contributed by atoms with van der Waals surface area (Å²) in [5.41, 5.74) is 1.38. The number of aromatic nitrogens is 1. The molecule has 1 heterocycles. The third kappa shape index (κ3) is 4.02. The number of aliphatic carboxylic acids is 1. The summed E-state index contributed by atoms with van der Waals surface area (Å²) < 4.78 is 18.4. The first-order chi connectivity index (χ1) is 10.1. The van der Waals surface area contributed by atoms with Gasteiger partial charge in [0.2, 0.25) is 0 Å². The molecule has 0 amide bonds. The molecule has 1 aromatic carbocycles. The Morgan fingerprint density at radius 1 is 1.33 bits per heavy atom. The highest BCUT2D eigenvalue weighted by atomic mass is 19.1. The summed E-state index contributed by atoms with van der Waals surface area (Å²) in [6, 6.07) is 8.59. The first-order valence-corrected chi connectivity index (χ1v) is 6.54. The van der Waals surface area contributed by atoms with E-state index in [9.17, 15) is 14.3 Å². The van der Waals surface area contributed by atoms with Crippen LogP contribution in [-0.4, -0.2) is 23.2 Å². The molecule has 0 spiro atoms. The number of carbonyl (C=O) groups is 1. The van der Waals surface area contributed by atoms with Crippen molar-refractivity contribution in [3.8, 4) is 5.75 Å². The molecule has 0 radical (unpaired) electrons. The summed E-state index contributed by atoms with van der Waals surface area (Å²) in [6.45, 7) is 0. The molecular formula is C16H16FNO3. The second kappa shape index (κ2) is 6.83. The lowest BCUT2D eigenvalue weighted by Crippen LogP contribution is -2.19. The Balaban J connectivity index is 2.18. The van der Waals surface area contributed by atoms with Crippen LogP contribution in [0.15, 0.2) is 42.7 Å². The zero-order valence-corrected chi connectivity index (χ0v) is 11.6. The maximum Gasteiger partial charge on any atom is 0.307 e. The standard InChI is InChI=1S/C16H16FNO3/c1-21-15-5-3-2-4-12(15)8-13(16(19)20)6-11-7-14(17)10-18-9-11/h2-5,7,9-10,13H,6,8H2,1H3,(H,19,20). The average Bonchev–Trinajstić information content (AvgIpc) is 2.47. The molecule has 1 aromatic heterocycles. The van der Waals surface area contributed by atoms with Crippen molar-refractivity contribution in [3.63, 3.8) is 0 Å². The van der Waals surface area contributed by atoms with Gasteiger partial charge in [-0.2, -0.15) is 0 Å². The number of hydrogen-bond acceptors (Lipinski definition) is 3. The van der Waals surface area contributed by atoms with Crippen LogP contribution in [0.2, 0.25) is 0 Å². The molecule has 110 valence electrons. The van der Waals surface area contributed by atoms with Gasteiger partial charge in [0.1, 0.15) is 11.6 Å². The molecule has 2 aromatic rings. The lowest BCUT2D eigenvalue weighted by atomic mass is 9.93. The van der Waals surface area contributed by atoms with Crippen molar-refractivity contribution in [1.29, 1.82) is 0 Å². The SMILES string of the molecule is COc1ccccc1CC(Cc1cncc(F)c1)C(=O)O. The predicted molar refractivity (Wildman–Crippen MR) is 75.7 cm³/mol. The molecule has 0 fully saturated rings. The van der Waals surface area contributed by atoms with Gasteiger partial charge in [-0.25, -0.2) is 4.39 Å². The van der Waals surface area contributed by atoms with Crippen LogP contribution in [0, 0.1) is 11.7 Å². The molecule has 0 saturated heterocycles. The van der Waals surface area contributed by atoms with Crippen molar-refractivity contribution < 1.29 is 19.0 Å². The van der Waals surface area contributed by atoms with Crippen LogP contribution in [0.3, 0.4) is 0 Å². The molecule has 0 aliphatic heterocycles. The summed E-state index contributed by atoms with van der Waals surface area (Å²) in [6.07, 6.45) is 3.12. The Morgan fingerprint density at radius 3 is 2.76 bits per heavy atom. The van der Waals surface area contributed by atoms with Crippen LogP contribution in [-0.2, 0) is 17.6 Å². The van der Waals surface area contributed by atoms with E-state index in [-0.39, 0.29) is 6.42 Å². The van der Waals surface area contributed by atoms with E-state index in [0.29, 0.717) is 17.7 Å². The van der Waals surface area contributed by atoms with Gasteiger partial charge in [-0.1, -0.05) is 18.2 Å². The smallest absolute Gasteiger partial charge is 0.307 e. The minimum absolute atomic E-state index is 0.220. The molecule has 0 aliphatic carbocycles. The molecule has 0 bridgehead atoms. The molecule has 4 nitrogen and oxygen atoms in total. The van der Waals surface area contributed by atoms with Gasteiger partial charge in [0.05, 0.1) is 19.2 Å². The van der Waals surface area contributed by atoms with Gasteiger partial charge in [0.25, 0.3) is 0 Å². The molecule has 21 heavy (non-hydrogen) atoms. The van der Waals surface area contributed by atoms with Crippen LogP contribution < -0.4 is 4.74 Å². The second-order valence-electron chi connectivity index (χ2n) is 4.77. The molecule has 1 N–H and O–H groups in total. The summed E-state index contributed by atoms with van der Waals surface area (Å²) in [4.78, 5) is 15.2. The highest BCUT2D eigenvalue weighted by Gasteiger charge is 2.20. The van der Waals surface area contributed by atoms with Crippen LogP contribution in [0.4, 0.5) is 4.39 Å². The fraction of sp³-hybridized carbons (Fsp3) is 0.250. The van der Waals surface area contributed by atoms with Gasteiger partial charge >= 0.3 is 5.97 Å². The largest absolute Gasteiger partial charge is 0.496 e. The Bertz CT molecular complexity index is 630. The molecule has 0 aliphatic rings. The third-order valence-electron chi connectivity index (χ3n) is 3.25. The van der Waals surface area contributed by atoms with Crippen molar-refractivity contribution in [2.45, 2.75) is 12.8 Å². The normalized spacial score (nSPS) is 11.9. The van der Waals surface area contributed by atoms with E-state index in [4.69, 9.17) is 4.74 Å². The van der Waals surface area contributed by atoms with Crippen molar-refractivity contribution in [2.75, 3.05) is 7.11 Å². The Morgan fingerprint density at radius 2 is 2.10 bits per heavy atom. The number of rotatable bonds is 6. The molecule has 0 saturated carbocycles. The van der Waals surface area contributed by atoms with Gasteiger partial charge in [-0.15, -0.1) is 0 Å². The number of carboxylic acids is 1. The monoisotopic (exact) mass is 289 g/mol. The first kappa shape index (κ1) is 15.0. The van der Waals surface area contributed by atoms with Crippen LogP contribution in [0.25, 0.3) is 0 Å². The Kier molecular flexibility index (Phi) is 4.87. The van der Waals surface area contributed by atoms with E-state index in [0.717, 1.165) is 11.8 Å². The van der Waals surface area contributed by atoms with E-state index >= 15 is 0 Å². The van der Waals surface area contributed by atoms with Crippen LogP contribution >= 0.6 is 0 Å². The highest BCUT2D eigenvalue weighted by molar-refractivity contribution is 5.71. The van der Waals surface area contributed by atoms with Crippen LogP contribution in [0.5, 0.6) is 5.75 Å². The van der Waals surface area contributed by atoms with E-state index in [1.54, 1.807) is 13.2 Å². The van der Waals surface area contributed by atoms with E-state index < -0.39 is 17.7 Å². The number of ether oxygens (including phenoxy) is 1. The lowest BCUT2D eigenvalue weighted by Gasteiger charge is -2.14. The number of pyridine rings is 1. The van der Waals surface area contributed by atoms with E-state index in [2.05, 4.69) is 4.98 Å². The van der Waals surface area contributed by atoms with Gasteiger partial charge < -0.3 is 9.84 Å². The quantitative estimate of drug-likeness (QED) is 0.888. The third-order valence-corrected chi connectivity index (χ3v) is 3.25. The Hall–Kier alpha value is -2.43. The summed E-state index contributed by atoms with van der Waals surface area (Å²) in [7, 11) is 1.55. The summed E-state index contributed by atoms with van der Waals surface area (Å²) >= 11 is 0.